The lowest BCUT2D eigenvalue weighted by molar-refractivity contribution is 0.0195. The molecule has 1 aromatic rings. The van der Waals surface area contributed by atoms with Gasteiger partial charge in [0.15, 0.2) is 5.96 Å². The molecule has 0 spiro atoms. The van der Waals surface area contributed by atoms with Gasteiger partial charge in [-0.3, -0.25) is 9.89 Å². The summed E-state index contributed by atoms with van der Waals surface area (Å²) in [6.45, 7) is 6.61. The molecule has 2 fully saturated rings. The molecule has 0 amide bonds. The largest absolute Gasteiger partial charge is 0.467 e. The SMILES string of the molecule is CN=C(NCc1ccco1)N1CCC(N2CCOCC2)C1.I. The Hall–Kier alpha value is -0.800. The lowest BCUT2D eigenvalue weighted by Gasteiger charge is -2.32. The normalized spacial score (nSPS) is 23.4. The Morgan fingerprint density at radius 3 is 2.86 bits per heavy atom. The summed E-state index contributed by atoms with van der Waals surface area (Å²) in [4.78, 5) is 9.28. The number of rotatable bonds is 3. The zero-order valence-corrected chi connectivity index (χ0v) is 15.4. The van der Waals surface area contributed by atoms with Crippen LogP contribution in [-0.4, -0.2) is 68.2 Å². The minimum Gasteiger partial charge on any atom is -0.467 e. The second-order valence-corrected chi connectivity index (χ2v) is 5.52. The van der Waals surface area contributed by atoms with Crippen molar-refractivity contribution < 1.29 is 9.15 Å². The third-order valence-corrected chi connectivity index (χ3v) is 4.24. The first kappa shape index (κ1) is 17.6. The maximum Gasteiger partial charge on any atom is 0.194 e. The number of likely N-dealkylation sites (tertiary alicyclic amines) is 1. The Balaban J connectivity index is 0.00000176. The highest BCUT2D eigenvalue weighted by atomic mass is 127. The average molecular weight is 420 g/mol. The van der Waals surface area contributed by atoms with E-state index in [-0.39, 0.29) is 24.0 Å². The Labute approximate surface area is 148 Å². The Kier molecular flexibility index (Phi) is 6.97. The van der Waals surface area contributed by atoms with Gasteiger partial charge in [0.05, 0.1) is 26.0 Å². The second-order valence-electron chi connectivity index (χ2n) is 5.52. The van der Waals surface area contributed by atoms with Gasteiger partial charge in [-0.1, -0.05) is 0 Å². The summed E-state index contributed by atoms with van der Waals surface area (Å²) in [6.07, 6.45) is 2.89. The third-order valence-electron chi connectivity index (χ3n) is 4.24. The van der Waals surface area contributed by atoms with Crippen molar-refractivity contribution in [3.63, 3.8) is 0 Å². The van der Waals surface area contributed by atoms with E-state index in [1.54, 1.807) is 6.26 Å². The van der Waals surface area contributed by atoms with Crippen LogP contribution in [0, 0.1) is 0 Å². The summed E-state index contributed by atoms with van der Waals surface area (Å²) in [5.41, 5.74) is 0. The standard InChI is InChI=1S/C15H24N4O2.HI/c1-16-15(17-11-14-3-2-8-21-14)19-5-4-13(12-19)18-6-9-20-10-7-18;/h2-3,8,13H,4-7,9-12H2,1H3,(H,16,17);1H. The summed E-state index contributed by atoms with van der Waals surface area (Å²) in [6, 6.07) is 4.50. The molecule has 2 saturated heterocycles. The fraction of sp³-hybridized carbons (Fsp3) is 0.667. The predicted octanol–water partition coefficient (Wildman–Crippen LogP) is 1.38. The van der Waals surface area contributed by atoms with Crippen LogP contribution in [0.3, 0.4) is 0 Å². The average Bonchev–Trinajstić information content (AvgIpc) is 3.20. The fourth-order valence-corrected chi connectivity index (χ4v) is 3.09. The molecule has 6 nitrogen and oxygen atoms in total. The van der Waals surface area contributed by atoms with E-state index in [0.29, 0.717) is 12.6 Å². The lowest BCUT2D eigenvalue weighted by Crippen LogP contribution is -2.46. The number of halogens is 1. The number of guanidine groups is 1. The van der Waals surface area contributed by atoms with Gasteiger partial charge in [0.1, 0.15) is 5.76 Å². The first-order valence-electron chi connectivity index (χ1n) is 7.66. The molecule has 1 N–H and O–H groups in total. The fourth-order valence-electron chi connectivity index (χ4n) is 3.09. The number of morpholine rings is 1. The van der Waals surface area contributed by atoms with Gasteiger partial charge in [0.2, 0.25) is 0 Å². The smallest absolute Gasteiger partial charge is 0.194 e. The van der Waals surface area contributed by atoms with Crippen molar-refractivity contribution in [3.8, 4) is 0 Å². The van der Waals surface area contributed by atoms with E-state index < -0.39 is 0 Å². The lowest BCUT2D eigenvalue weighted by atomic mass is 10.2. The van der Waals surface area contributed by atoms with Gasteiger partial charge in [-0.25, -0.2) is 0 Å². The molecule has 0 aliphatic carbocycles. The van der Waals surface area contributed by atoms with Crippen LogP contribution in [0.1, 0.15) is 12.2 Å². The van der Waals surface area contributed by atoms with Gasteiger partial charge in [0, 0.05) is 39.3 Å². The molecule has 1 aromatic heterocycles. The maximum absolute atomic E-state index is 5.43. The highest BCUT2D eigenvalue weighted by Crippen LogP contribution is 2.17. The Morgan fingerprint density at radius 1 is 1.36 bits per heavy atom. The topological polar surface area (TPSA) is 53.2 Å². The summed E-state index contributed by atoms with van der Waals surface area (Å²) < 4.78 is 10.8. The van der Waals surface area contributed by atoms with E-state index >= 15 is 0 Å². The molecule has 1 unspecified atom stereocenters. The van der Waals surface area contributed by atoms with Gasteiger partial charge in [-0.2, -0.15) is 0 Å². The first-order valence-corrected chi connectivity index (χ1v) is 7.66. The van der Waals surface area contributed by atoms with Gasteiger partial charge in [-0.05, 0) is 18.6 Å². The van der Waals surface area contributed by atoms with Crippen molar-refractivity contribution in [2.24, 2.45) is 4.99 Å². The van der Waals surface area contributed by atoms with Crippen molar-refractivity contribution in [2.45, 2.75) is 19.0 Å². The molecule has 22 heavy (non-hydrogen) atoms. The van der Waals surface area contributed by atoms with Crippen LogP contribution in [0.25, 0.3) is 0 Å². The molecular formula is C15H25IN4O2. The molecule has 2 aliphatic heterocycles. The number of nitrogens with one attached hydrogen (secondary N) is 1. The molecule has 0 radical (unpaired) electrons. The summed E-state index contributed by atoms with van der Waals surface area (Å²) >= 11 is 0. The first-order chi connectivity index (χ1) is 10.4. The van der Waals surface area contributed by atoms with Crippen LogP contribution >= 0.6 is 24.0 Å². The summed E-state index contributed by atoms with van der Waals surface area (Å²) in [7, 11) is 1.84. The van der Waals surface area contributed by atoms with Crippen molar-refractivity contribution in [2.75, 3.05) is 46.4 Å². The van der Waals surface area contributed by atoms with Crippen LogP contribution in [0.5, 0.6) is 0 Å². The van der Waals surface area contributed by atoms with E-state index in [2.05, 4.69) is 20.1 Å². The summed E-state index contributed by atoms with van der Waals surface area (Å²) in [5.74, 6) is 1.89. The van der Waals surface area contributed by atoms with Gasteiger partial charge in [0.25, 0.3) is 0 Å². The van der Waals surface area contributed by atoms with Gasteiger partial charge < -0.3 is 19.4 Å². The second kappa shape index (κ2) is 8.73. The number of hydrogen-bond acceptors (Lipinski definition) is 4. The van der Waals surface area contributed by atoms with E-state index in [9.17, 15) is 0 Å². The Morgan fingerprint density at radius 2 is 2.18 bits per heavy atom. The molecule has 124 valence electrons. The van der Waals surface area contributed by atoms with Crippen LogP contribution < -0.4 is 5.32 Å². The van der Waals surface area contributed by atoms with Crippen LogP contribution in [0.4, 0.5) is 0 Å². The molecule has 2 aliphatic rings. The van der Waals surface area contributed by atoms with Crippen molar-refractivity contribution in [3.05, 3.63) is 24.2 Å². The number of furan rings is 1. The van der Waals surface area contributed by atoms with E-state index in [1.807, 2.05) is 19.2 Å². The predicted molar refractivity (Wildman–Crippen MR) is 96.7 cm³/mol. The number of aliphatic imine (C=N–C) groups is 1. The molecule has 0 saturated carbocycles. The van der Waals surface area contributed by atoms with Crippen molar-refractivity contribution >= 4 is 29.9 Å². The zero-order chi connectivity index (χ0) is 14.5. The molecule has 1 atom stereocenters. The highest BCUT2D eigenvalue weighted by molar-refractivity contribution is 14.0. The molecule has 0 bridgehead atoms. The third kappa shape index (κ3) is 4.36. The highest BCUT2D eigenvalue weighted by Gasteiger charge is 2.30. The van der Waals surface area contributed by atoms with Crippen molar-refractivity contribution in [1.29, 1.82) is 0 Å². The van der Waals surface area contributed by atoms with Crippen molar-refractivity contribution in [1.82, 2.24) is 15.1 Å². The van der Waals surface area contributed by atoms with Gasteiger partial charge in [-0.15, -0.1) is 24.0 Å². The van der Waals surface area contributed by atoms with Crippen LogP contribution in [-0.2, 0) is 11.3 Å². The molecular weight excluding hydrogens is 395 g/mol. The van der Waals surface area contributed by atoms with Crippen LogP contribution in [0.2, 0.25) is 0 Å². The minimum atomic E-state index is 0. The molecule has 0 aromatic carbocycles. The molecule has 3 rings (SSSR count). The number of ether oxygens (including phenoxy) is 1. The number of hydrogen-bond donors (Lipinski definition) is 1. The monoisotopic (exact) mass is 420 g/mol. The van der Waals surface area contributed by atoms with Crippen LogP contribution in [0.15, 0.2) is 27.8 Å². The van der Waals surface area contributed by atoms with E-state index in [1.165, 1.54) is 6.42 Å². The zero-order valence-electron chi connectivity index (χ0n) is 13.0. The minimum absolute atomic E-state index is 0. The molecule has 3 heterocycles. The molecule has 7 heteroatoms. The maximum atomic E-state index is 5.43. The number of nitrogens with zero attached hydrogens (tertiary/aromatic N) is 3. The van der Waals surface area contributed by atoms with E-state index in [0.717, 1.165) is 51.1 Å². The quantitative estimate of drug-likeness (QED) is 0.455. The van der Waals surface area contributed by atoms with Gasteiger partial charge >= 0.3 is 0 Å². The van der Waals surface area contributed by atoms with E-state index in [4.69, 9.17) is 9.15 Å². The summed E-state index contributed by atoms with van der Waals surface area (Å²) in [5, 5.41) is 3.38. The Bertz CT molecular complexity index is 460.